The van der Waals surface area contributed by atoms with Crippen LogP contribution in [-0.2, 0) is 6.54 Å². The molecule has 0 saturated heterocycles. The second-order valence-electron chi connectivity index (χ2n) is 4.05. The minimum absolute atomic E-state index is 0.306. The predicted molar refractivity (Wildman–Crippen MR) is 80.4 cm³/mol. The quantitative estimate of drug-likeness (QED) is 0.804. The van der Waals surface area contributed by atoms with E-state index in [4.69, 9.17) is 5.11 Å². The number of hydrogen-bond acceptors (Lipinski definition) is 3. The largest absolute Gasteiger partial charge is 0.478 e. The Kier molecular flexibility index (Phi) is 6.75. The van der Waals surface area contributed by atoms with Gasteiger partial charge in [0.15, 0.2) is 0 Å². The van der Waals surface area contributed by atoms with Gasteiger partial charge in [-0.3, -0.25) is 0 Å². The van der Waals surface area contributed by atoms with Crippen LogP contribution in [0.1, 0.15) is 29.8 Å². The third kappa shape index (κ3) is 5.00. The van der Waals surface area contributed by atoms with Gasteiger partial charge in [-0.25, -0.2) is 4.79 Å². The Morgan fingerprint density at radius 2 is 2.28 bits per heavy atom. The van der Waals surface area contributed by atoms with Crippen molar-refractivity contribution >= 4 is 33.7 Å². The van der Waals surface area contributed by atoms with Gasteiger partial charge in [0, 0.05) is 22.8 Å². The summed E-state index contributed by atoms with van der Waals surface area (Å²) in [4.78, 5) is 10.8. The Hall–Kier alpha value is -0.520. The first kappa shape index (κ1) is 15.5. The van der Waals surface area contributed by atoms with Crippen LogP contribution in [0.5, 0.6) is 0 Å². The molecular formula is C13H18BrNO2S. The average Bonchev–Trinajstić information content (AvgIpc) is 2.34. The molecule has 0 aromatic heterocycles. The highest BCUT2D eigenvalue weighted by molar-refractivity contribution is 9.10. The number of nitrogens with one attached hydrogen (secondary N) is 1. The van der Waals surface area contributed by atoms with Crippen LogP contribution in [0.3, 0.4) is 0 Å². The molecule has 0 amide bonds. The number of carboxylic acid groups (broad SMARTS) is 1. The lowest BCUT2D eigenvalue weighted by Gasteiger charge is -2.14. The normalized spacial score (nSPS) is 12.4. The Morgan fingerprint density at radius 1 is 1.56 bits per heavy atom. The molecule has 1 atom stereocenters. The first-order chi connectivity index (χ1) is 8.54. The molecule has 0 spiro atoms. The van der Waals surface area contributed by atoms with E-state index in [1.807, 2.05) is 17.8 Å². The second-order valence-corrected chi connectivity index (χ2v) is 6.23. The molecule has 1 aromatic carbocycles. The van der Waals surface area contributed by atoms with Crippen molar-refractivity contribution in [2.45, 2.75) is 26.4 Å². The molecule has 0 saturated carbocycles. The highest BCUT2D eigenvalue weighted by atomic mass is 79.9. The smallest absolute Gasteiger partial charge is 0.335 e. The standard InChI is InChI=1S/C13H18BrNO2S/c1-3-18-8-9(2)15-7-11-5-4-10(13(16)17)6-12(11)14/h4-6,9,15H,3,7-8H2,1-2H3,(H,16,17). The monoisotopic (exact) mass is 331 g/mol. The molecule has 0 radical (unpaired) electrons. The van der Waals surface area contributed by atoms with E-state index in [1.165, 1.54) is 0 Å². The van der Waals surface area contributed by atoms with Crippen molar-refractivity contribution < 1.29 is 9.90 Å². The number of carboxylic acids is 1. The van der Waals surface area contributed by atoms with Gasteiger partial charge in [-0.1, -0.05) is 28.9 Å². The maximum atomic E-state index is 10.8. The fourth-order valence-corrected chi connectivity index (χ4v) is 2.69. The number of thioether (sulfide) groups is 1. The van der Waals surface area contributed by atoms with Crippen molar-refractivity contribution in [3.05, 3.63) is 33.8 Å². The predicted octanol–water partition coefficient (Wildman–Crippen LogP) is 3.38. The fourth-order valence-electron chi connectivity index (χ4n) is 1.46. The molecule has 1 rings (SSSR count). The lowest BCUT2D eigenvalue weighted by molar-refractivity contribution is 0.0697. The number of benzene rings is 1. The van der Waals surface area contributed by atoms with E-state index in [0.29, 0.717) is 11.6 Å². The number of rotatable bonds is 7. The number of aromatic carboxylic acids is 1. The Bertz CT molecular complexity index is 412. The molecule has 0 heterocycles. The number of halogens is 1. The highest BCUT2D eigenvalue weighted by Crippen LogP contribution is 2.19. The van der Waals surface area contributed by atoms with Gasteiger partial charge in [0.05, 0.1) is 5.56 Å². The summed E-state index contributed by atoms with van der Waals surface area (Å²) < 4.78 is 0.838. The van der Waals surface area contributed by atoms with Crippen molar-refractivity contribution in [3.63, 3.8) is 0 Å². The summed E-state index contributed by atoms with van der Waals surface area (Å²) in [5.41, 5.74) is 1.38. The van der Waals surface area contributed by atoms with Crippen molar-refractivity contribution in [1.82, 2.24) is 5.32 Å². The lowest BCUT2D eigenvalue weighted by atomic mass is 10.1. The zero-order valence-corrected chi connectivity index (χ0v) is 13.0. The molecule has 0 aliphatic carbocycles. The Morgan fingerprint density at radius 3 is 2.83 bits per heavy atom. The van der Waals surface area contributed by atoms with Crippen LogP contribution in [-0.4, -0.2) is 28.6 Å². The molecule has 0 bridgehead atoms. The Labute approximate surface area is 120 Å². The summed E-state index contributed by atoms with van der Waals surface area (Å²) in [6.45, 7) is 5.05. The third-order valence-corrected chi connectivity index (χ3v) is 4.40. The van der Waals surface area contributed by atoms with E-state index in [0.717, 1.165) is 28.1 Å². The lowest BCUT2D eigenvalue weighted by Crippen LogP contribution is -2.27. The maximum Gasteiger partial charge on any atom is 0.335 e. The summed E-state index contributed by atoms with van der Waals surface area (Å²) in [7, 11) is 0. The second kappa shape index (κ2) is 7.81. The van der Waals surface area contributed by atoms with Gasteiger partial charge < -0.3 is 10.4 Å². The molecule has 0 fully saturated rings. The molecule has 1 aromatic rings. The van der Waals surface area contributed by atoms with Gasteiger partial charge in [0.25, 0.3) is 0 Å². The van der Waals surface area contributed by atoms with E-state index in [1.54, 1.807) is 12.1 Å². The van der Waals surface area contributed by atoms with Crippen LogP contribution in [0.4, 0.5) is 0 Å². The van der Waals surface area contributed by atoms with E-state index in [-0.39, 0.29) is 0 Å². The van der Waals surface area contributed by atoms with Gasteiger partial charge in [-0.2, -0.15) is 11.8 Å². The summed E-state index contributed by atoms with van der Waals surface area (Å²) in [6, 6.07) is 5.57. The van der Waals surface area contributed by atoms with Crippen molar-refractivity contribution in [2.24, 2.45) is 0 Å². The van der Waals surface area contributed by atoms with Gasteiger partial charge in [0.2, 0.25) is 0 Å². The number of hydrogen-bond donors (Lipinski definition) is 2. The molecule has 18 heavy (non-hydrogen) atoms. The summed E-state index contributed by atoms with van der Waals surface area (Å²) in [6.07, 6.45) is 0. The minimum atomic E-state index is -0.900. The first-order valence-electron chi connectivity index (χ1n) is 5.87. The zero-order valence-electron chi connectivity index (χ0n) is 10.6. The van der Waals surface area contributed by atoms with Crippen molar-refractivity contribution in [3.8, 4) is 0 Å². The highest BCUT2D eigenvalue weighted by Gasteiger charge is 2.07. The molecule has 100 valence electrons. The molecule has 0 aliphatic heterocycles. The van der Waals surface area contributed by atoms with Crippen LogP contribution in [0.25, 0.3) is 0 Å². The third-order valence-electron chi connectivity index (χ3n) is 2.51. The van der Waals surface area contributed by atoms with E-state index >= 15 is 0 Å². The molecule has 5 heteroatoms. The topological polar surface area (TPSA) is 49.3 Å². The van der Waals surface area contributed by atoms with Gasteiger partial charge >= 0.3 is 5.97 Å². The van der Waals surface area contributed by atoms with Crippen LogP contribution in [0, 0.1) is 0 Å². The zero-order chi connectivity index (χ0) is 13.5. The van der Waals surface area contributed by atoms with Crippen LogP contribution >= 0.6 is 27.7 Å². The minimum Gasteiger partial charge on any atom is -0.478 e. The Balaban J connectivity index is 2.55. The molecule has 0 aliphatic rings. The fraction of sp³-hybridized carbons (Fsp3) is 0.462. The van der Waals surface area contributed by atoms with E-state index in [2.05, 4.69) is 35.1 Å². The van der Waals surface area contributed by atoms with Crippen LogP contribution in [0.15, 0.2) is 22.7 Å². The van der Waals surface area contributed by atoms with Crippen LogP contribution in [0.2, 0.25) is 0 Å². The first-order valence-corrected chi connectivity index (χ1v) is 7.82. The van der Waals surface area contributed by atoms with Crippen molar-refractivity contribution in [2.75, 3.05) is 11.5 Å². The summed E-state index contributed by atoms with van der Waals surface area (Å²) in [5.74, 6) is 1.31. The van der Waals surface area contributed by atoms with Gasteiger partial charge in [-0.15, -0.1) is 0 Å². The molecule has 3 nitrogen and oxygen atoms in total. The van der Waals surface area contributed by atoms with Gasteiger partial charge in [0.1, 0.15) is 0 Å². The van der Waals surface area contributed by atoms with Crippen molar-refractivity contribution in [1.29, 1.82) is 0 Å². The van der Waals surface area contributed by atoms with E-state index in [9.17, 15) is 4.79 Å². The molecular weight excluding hydrogens is 314 g/mol. The number of carbonyl (C=O) groups is 1. The SMILES string of the molecule is CCSCC(C)NCc1ccc(C(=O)O)cc1Br. The van der Waals surface area contributed by atoms with Crippen LogP contribution < -0.4 is 5.32 Å². The summed E-state index contributed by atoms with van der Waals surface area (Å²) in [5, 5.41) is 12.3. The maximum absolute atomic E-state index is 10.8. The average molecular weight is 332 g/mol. The molecule has 1 unspecified atom stereocenters. The van der Waals surface area contributed by atoms with Gasteiger partial charge in [-0.05, 0) is 30.4 Å². The van der Waals surface area contributed by atoms with E-state index < -0.39 is 5.97 Å². The summed E-state index contributed by atoms with van der Waals surface area (Å²) >= 11 is 5.32. The molecule has 2 N–H and O–H groups in total.